The van der Waals surface area contributed by atoms with Crippen LogP contribution in [0, 0.1) is 11.3 Å². The fourth-order valence-electron chi connectivity index (χ4n) is 3.28. The van der Waals surface area contributed by atoms with Crippen molar-refractivity contribution in [2.45, 2.75) is 6.42 Å². The number of aliphatic hydroxyl groups excluding tert-OH is 1. The fraction of sp³-hybridized carbons (Fsp3) is 0.182. The molecule has 1 aromatic heterocycles. The summed E-state index contributed by atoms with van der Waals surface area (Å²) in [5.74, 6) is -0.0971. The third-order valence-electron chi connectivity index (χ3n) is 5.03. The van der Waals surface area contributed by atoms with E-state index in [4.69, 9.17) is 0 Å². The molecule has 0 spiro atoms. The molecule has 2 aromatic carbocycles. The maximum absolute atomic E-state index is 12.6. The lowest BCUT2D eigenvalue weighted by atomic mass is 10.0. The molecule has 4 heteroatoms. The van der Waals surface area contributed by atoms with Crippen molar-refractivity contribution in [2.75, 3.05) is 11.9 Å². The molecule has 2 unspecified atom stereocenters. The Morgan fingerprint density at radius 2 is 1.96 bits per heavy atom. The standard InChI is InChI=1S/C22H20N2O2/c25-15-22(21(26)24-19-7-2-1-3-8-19)13-18(22)11-10-16-12-17-6-4-5-9-20(17)23-14-16/h1-12,14,18,25H,13,15H2,(H,24,26)/b11-10+. The van der Waals surface area contributed by atoms with Gasteiger partial charge in [-0.2, -0.15) is 0 Å². The Hall–Kier alpha value is -2.98. The maximum Gasteiger partial charge on any atom is 0.233 e. The van der Waals surface area contributed by atoms with Crippen LogP contribution in [0.15, 0.2) is 72.9 Å². The number of aliphatic hydroxyl groups is 1. The normalized spacial score (nSPS) is 21.8. The smallest absolute Gasteiger partial charge is 0.233 e. The number of carbonyl (C=O) groups excluding carboxylic acids is 1. The molecule has 26 heavy (non-hydrogen) atoms. The van der Waals surface area contributed by atoms with E-state index in [9.17, 15) is 9.90 Å². The molecule has 0 saturated heterocycles. The molecule has 1 aliphatic carbocycles. The molecule has 1 aliphatic rings. The highest BCUT2D eigenvalue weighted by molar-refractivity contribution is 5.98. The molecule has 130 valence electrons. The summed E-state index contributed by atoms with van der Waals surface area (Å²) in [6.45, 7) is -0.156. The molecule has 2 atom stereocenters. The highest BCUT2D eigenvalue weighted by Gasteiger charge is 2.58. The Kier molecular flexibility index (Phi) is 4.27. The van der Waals surface area contributed by atoms with Gasteiger partial charge >= 0.3 is 0 Å². The van der Waals surface area contributed by atoms with Gasteiger partial charge in [0.1, 0.15) is 0 Å². The summed E-state index contributed by atoms with van der Waals surface area (Å²) < 4.78 is 0. The first kappa shape index (κ1) is 16.5. The van der Waals surface area contributed by atoms with Crippen LogP contribution in [0.3, 0.4) is 0 Å². The van der Waals surface area contributed by atoms with Crippen LogP contribution in [0.2, 0.25) is 0 Å². The summed E-state index contributed by atoms with van der Waals surface area (Å²) in [5, 5.41) is 13.8. The zero-order valence-corrected chi connectivity index (χ0v) is 14.3. The molecular weight excluding hydrogens is 324 g/mol. The molecule has 1 saturated carbocycles. The van der Waals surface area contributed by atoms with E-state index in [1.165, 1.54) is 0 Å². The number of nitrogens with zero attached hydrogens (tertiary/aromatic N) is 1. The molecule has 1 amide bonds. The zero-order valence-electron chi connectivity index (χ0n) is 14.3. The number of benzene rings is 2. The van der Waals surface area contributed by atoms with Crippen LogP contribution in [-0.2, 0) is 4.79 Å². The van der Waals surface area contributed by atoms with Crippen molar-refractivity contribution in [1.82, 2.24) is 4.98 Å². The monoisotopic (exact) mass is 344 g/mol. The predicted molar refractivity (Wildman–Crippen MR) is 103 cm³/mol. The molecule has 3 aromatic rings. The molecule has 4 rings (SSSR count). The lowest BCUT2D eigenvalue weighted by molar-refractivity contribution is -0.122. The van der Waals surface area contributed by atoms with Gasteiger partial charge in [0.25, 0.3) is 0 Å². The van der Waals surface area contributed by atoms with Crippen molar-refractivity contribution in [2.24, 2.45) is 11.3 Å². The number of nitrogens with one attached hydrogen (secondary N) is 1. The number of anilines is 1. The number of aromatic nitrogens is 1. The van der Waals surface area contributed by atoms with Crippen molar-refractivity contribution in [1.29, 1.82) is 0 Å². The van der Waals surface area contributed by atoms with E-state index in [2.05, 4.69) is 16.4 Å². The Morgan fingerprint density at radius 1 is 1.19 bits per heavy atom. The fourth-order valence-corrected chi connectivity index (χ4v) is 3.28. The second-order valence-corrected chi connectivity index (χ2v) is 6.77. The van der Waals surface area contributed by atoms with Crippen molar-refractivity contribution in [3.63, 3.8) is 0 Å². The first-order valence-corrected chi connectivity index (χ1v) is 8.72. The number of amides is 1. The second-order valence-electron chi connectivity index (χ2n) is 6.77. The van der Waals surface area contributed by atoms with E-state index < -0.39 is 5.41 Å². The summed E-state index contributed by atoms with van der Waals surface area (Å²) in [4.78, 5) is 17.1. The molecule has 0 radical (unpaired) electrons. The predicted octanol–water partition coefficient (Wildman–Crippen LogP) is 3.89. The lowest BCUT2D eigenvalue weighted by Crippen LogP contribution is -2.29. The summed E-state index contributed by atoms with van der Waals surface area (Å²) in [5.41, 5.74) is 1.98. The third kappa shape index (κ3) is 3.11. The Balaban J connectivity index is 1.48. The van der Waals surface area contributed by atoms with Crippen molar-refractivity contribution < 1.29 is 9.90 Å². The Bertz CT molecular complexity index is 968. The number of carbonyl (C=O) groups is 1. The quantitative estimate of drug-likeness (QED) is 0.738. The van der Waals surface area contributed by atoms with Gasteiger partial charge in [0, 0.05) is 17.3 Å². The topological polar surface area (TPSA) is 62.2 Å². The van der Waals surface area contributed by atoms with Gasteiger partial charge < -0.3 is 10.4 Å². The van der Waals surface area contributed by atoms with Gasteiger partial charge in [-0.3, -0.25) is 9.78 Å². The van der Waals surface area contributed by atoms with Crippen LogP contribution in [0.25, 0.3) is 17.0 Å². The first-order valence-electron chi connectivity index (χ1n) is 8.72. The number of para-hydroxylation sites is 2. The zero-order chi connectivity index (χ0) is 18.0. The van der Waals surface area contributed by atoms with Crippen molar-refractivity contribution >= 4 is 28.6 Å². The number of hydrogen-bond acceptors (Lipinski definition) is 3. The lowest BCUT2D eigenvalue weighted by Gasteiger charge is -2.13. The van der Waals surface area contributed by atoms with Crippen LogP contribution in [-0.4, -0.2) is 22.6 Å². The summed E-state index contributed by atoms with van der Waals surface area (Å²) in [7, 11) is 0. The second kappa shape index (κ2) is 6.73. The van der Waals surface area contributed by atoms with Crippen molar-refractivity contribution in [3.05, 3.63) is 78.5 Å². The van der Waals surface area contributed by atoms with E-state index in [1.54, 1.807) is 0 Å². The van der Waals surface area contributed by atoms with Gasteiger partial charge in [0.05, 0.1) is 17.5 Å². The molecule has 4 nitrogen and oxygen atoms in total. The van der Waals surface area contributed by atoms with Gasteiger partial charge in [0.15, 0.2) is 0 Å². The van der Waals surface area contributed by atoms with Gasteiger partial charge in [-0.15, -0.1) is 0 Å². The van der Waals surface area contributed by atoms with E-state index in [0.717, 1.165) is 22.2 Å². The minimum absolute atomic E-state index is 0.0303. The highest BCUT2D eigenvalue weighted by Crippen LogP contribution is 2.54. The van der Waals surface area contributed by atoms with Crippen LogP contribution >= 0.6 is 0 Å². The van der Waals surface area contributed by atoms with Crippen LogP contribution in [0.5, 0.6) is 0 Å². The highest BCUT2D eigenvalue weighted by atomic mass is 16.3. The van der Waals surface area contributed by atoms with Crippen LogP contribution in [0.1, 0.15) is 12.0 Å². The number of hydrogen-bond donors (Lipinski definition) is 2. The largest absolute Gasteiger partial charge is 0.395 e. The van der Waals surface area contributed by atoms with E-state index >= 15 is 0 Å². The van der Waals surface area contributed by atoms with Gasteiger partial charge in [-0.25, -0.2) is 0 Å². The summed E-state index contributed by atoms with van der Waals surface area (Å²) in [6.07, 6.45) is 6.47. The third-order valence-corrected chi connectivity index (χ3v) is 5.03. The summed E-state index contributed by atoms with van der Waals surface area (Å²) >= 11 is 0. The maximum atomic E-state index is 12.6. The Morgan fingerprint density at radius 3 is 2.77 bits per heavy atom. The molecule has 0 aliphatic heterocycles. The minimum Gasteiger partial charge on any atom is -0.395 e. The van der Waals surface area contributed by atoms with E-state index in [0.29, 0.717) is 6.42 Å². The molecule has 1 heterocycles. The Labute approximate surface area is 152 Å². The number of fused-ring (bicyclic) bond motifs is 1. The molecule has 1 fully saturated rings. The number of rotatable bonds is 5. The first-order chi connectivity index (χ1) is 12.7. The van der Waals surface area contributed by atoms with Gasteiger partial charge in [-0.1, -0.05) is 48.6 Å². The average molecular weight is 344 g/mol. The molecule has 0 bridgehead atoms. The van der Waals surface area contributed by atoms with Crippen LogP contribution in [0.4, 0.5) is 5.69 Å². The molecule has 2 N–H and O–H groups in total. The average Bonchev–Trinajstić information content (AvgIpc) is 3.42. The minimum atomic E-state index is -0.726. The SMILES string of the molecule is O=C(Nc1ccccc1)C1(CO)CC1/C=C/c1cnc2ccccc2c1. The van der Waals surface area contributed by atoms with Crippen molar-refractivity contribution in [3.8, 4) is 0 Å². The molecular formula is C22H20N2O2. The van der Waals surface area contributed by atoms with Gasteiger partial charge in [-0.05, 0) is 42.2 Å². The number of pyridine rings is 1. The van der Waals surface area contributed by atoms with E-state index in [-0.39, 0.29) is 18.4 Å². The van der Waals surface area contributed by atoms with E-state index in [1.807, 2.05) is 72.9 Å². The number of allylic oxidation sites excluding steroid dienone is 1. The van der Waals surface area contributed by atoms with Crippen LogP contribution < -0.4 is 5.32 Å². The van der Waals surface area contributed by atoms with Gasteiger partial charge in [0.2, 0.25) is 5.91 Å². The summed E-state index contributed by atoms with van der Waals surface area (Å²) in [6, 6.07) is 19.4.